The van der Waals surface area contributed by atoms with Gasteiger partial charge in [0.2, 0.25) is 0 Å². The number of halogens is 3. The number of hydrogen-bond acceptors (Lipinski definition) is 2. The average Bonchev–Trinajstić information content (AvgIpc) is 2.33. The number of nitrogens with two attached hydrogens (primary N) is 1. The molecule has 2 nitrogen and oxygen atoms in total. The fourth-order valence-electron chi connectivity index (χ4n) is 1.52. The lowest BCUT2D eigenvalue weighted by molar-refractivity contribution is 0.506. The maximum Gasteiger partial charge on any atom is 0.159 e. The molecule has 3 N–H and O–H groups in total. The van der Waals surface area contributed by atoms with Gasteiger partial charge in [-0.15, -0.1) is 0 Å². The standard InChI is InChI=1S/C13H9BrF2N2S/c14-8-2-1-3-11(12(8)13(17)18)19-7-4-5-9(15)10(16)6-7/h1-6H,(H3,17,18). The van der Waals surface area contributed by atoms with E-state index in [1.807, 2.05) is 0 Å². The summed E-state index contributed by atoms with van der Waals surface area (Å²) in [5.74, 6) is -1.87. The van der Waals surface area contributed by atoms with E-state index in [-0.39, 0.29) is 5.84 Å². The zero-order chi connectivity index (χ0) is 14.0. The van der Waals surface area contributed by atoms with E-state index in [0.29, 0.717) is 19.8 Å². The fraction of sp³-hybridized carbons (Fsp3) is 0. The van der Waals surface area contributed by atoms with Crippen molar-refractivity contribution in [2.45, 2.75) is 9.79 Å². The van der Waals surface area contributed by atoms with Gasteiger partial charge in [0.05, 0.1) is 0 Å². The Labute approximate surface area is 121 Å². The van der Waals surface area contributed by atoms with Gasteiger partial charge < -0.3 is 5.73 Å². The molecule has 0 saturated heterocycles. The van der Waals surface area contributed by atoms with Crippen LogP contribution in [0.25, 0.3) is 0 Å². The second-order valence-electron chi connectivity index (χ2n) is 3.70. The summed E-state index contributed by atoms with van der Waals surface area (Å²) in [4.78, 5) is 1.24. The van der Waals surface area contributed by atoms with Gasteiger partial charge in [-0.2, -0.15) is 0 Å². The first-order valence-corrected chi connectivity index (χ1v) is 6.86. The lowest BCUT2D eigenvalue weighted by Gasteiger charge is -2.10. The highest BCUT2D eigenvalue weighted by atomic mass is 79.9. The Morgan fingerprint density at radius 1 is 1.16 bits per heavy atom. The molecule has 19 heavy (non-hydrogen) atoms. The van der Waals surface area contributed by atoms with Crippen molar-refractivity contribution in [1.29, 1.82) is 5.41 Å². The molecule has 0 fully saturated rings. The Balaban J connectivity index is 2.40. The van der Waals surface area contributed by atoms with Crippen molar-refractivity contribution in [3.63, 3.8) is 0 Å². The van der Waals surface area contributed by atoms with Crippen molar-refractivity contribution in [3.8, 4) is 0 Å². The normalized spacial score (nSPS) is 10.5. The summed E-state index contributed by atoms with van der Waals surface area (Å²) in [5, 5.41) is 7.56. The first-order chi connectivity index (χ1) is 8.99. The van der Waals surface area contributed by atoms with Gasteiger partial charge >= 0.3 is 0 Å². The molecule has 0 bridgehead atoms. The molecule has 0 unspecified atom stereocenters. The van der Waals surface area contributed by atoms with Crippen LogP contribution in [-0.2, 0) is 0 Å². The lowest BCUT2D eigenvalue weighted by Crippen LogP contribution is -2.13. The van der Waals surface area contributed by atoms with E-state index >= 15 is 0 Å². The zero-order valence-corrected chi connectivity index (χ0v) is 12.0. The van der Waals surface area contributed by atoms with Gasteiger partial charge in [0, 0.05) is 19.8 Å². The summed E-state index contributed by atoms with van der Waals surface area (Å²) >= 11 is 4.54. The van der Waals surface area contributed by atoms with Gasteiger partial charge in [0.25, 0.3) is 0 Å². The Kier molecular flexibility index (Phi) is 4.21. The summed E-state index contributed by atoms with van der Waals surface area (Å²) < 4.78 is 26.7. The van der Waals surface area contributed by atoms with E-state index in [2.05, 4.69) is 15.9 Å². The molecule has 98 valence electrons. The first kappa shape index (κ1) is 14.0. The minimum absolute atomic E-state index is 0.0856. The number of rotatable bonds is 3. The number of nitrogen functional groups attached to an aromatic ring is 1. The van der Waals surface area contributed by atoms with E-state index in [9.17, 15) is 8.78 Å². The number of hydrogen-bond donors (Lipinski definition) is 2. The number of nitrogens with one attached hydrogen (secondary N) is 1. The second kappa shape index (κ2) is 5.71. The Morgan fingerprint density at radius 3 is 2.53 bits per heavy atom. The highest BCUT2D eigenvalue weighted by Gasteiger charge is 2.12. The van der Waals surface area contributed by atoms with E-state index in [1.165, 1.54) is 17.8 Å². The highest BCUT2D eigenvalue weighted by molar-refractivity contribution is 9.10. The summed E-state index contributed by atoms with van der Waals surface area (Å²) in [7, 11) is 0. The van der Waals surface area contributed by atoms with E-state index < -0.39 is 11.6 Å². The predicted molar refractivity (Wildman–Crippen MR) is 75.6 cm³/mol. The third-order valence-electron chi connectivity index (χ3n) is 2.36. The van der Waals surface area contributed by atoms with Crippen LogP contribution >= 0.6 is 27.7 Å². The van der Waals surface area contributed by atoms with Crippen LogP contribution in [0.3, 0.4) is 0 Å². The number of benzene rings is 2. The smallest absolute Gasteiger partial charge is 0.159 e. The third-order valence-corrected chi connectivity index (χ3v) is 4.07. The molecule has 0 radical (unpaired) electrons. The van der Waals surface area contributed by atoms with E-state index in [1.54, 1.807) is 18.2 Å². The van der Waals surface area contributed by atoms with Gasteiger partial charge in [-0.25, -0.2) is 8.78 Å². The maximum atomic E-state index is 13.2. The molecular weight excluding hydrogens is 334 g/mol. The molecule has 6 heteroatoms. The molecule has 2 rings (SSSR count). The second-order valence-corrected chi connectivity index (χ2v) is 5.67. The Hall–Kier alpha value is -1.40. The van der Waals surface area contributed by atoms with E-state index in [4.69, 9.17) is 11.1 Å². The van der Waals surface area contributed by atoms with Crippen molar-refractivity contribution in [2.75, 3.05) is 0 Å². The summed E-state index contributed by atoms with van der Waals surface area (Å²) in [5.41, 5.74) is 6.07. The molecule has 0 aliphatic carbocycles. The minimum atomic E-state index is -0.899. The van der Waals surface area contributed by atoms with Crippen LogP contribution in [0.5, 0.6) is 0 Å². The van der Waals surface area contributed by atoms with Crippen LogP contribution in [0, 0.1) is 17.0 Å². The quantitative estimate of drug-likeness (QED) is 0.649. The monoisotopic (exact) mass is 342 g/mol. The van der Waals surface area contributed by atoms with Crippen LogP contribution in [0.1, 0.15) is 5.56 Å². The minimum Gasteiger partial charge on any atom is -0.384 e. The van der Waals surface area contributed by atoms with Gasteiger partial charge in [-0.05, 0) is 46.3 Å². The molecule has 0 amide bonds. The molecule has 0 saturated carbocycles. The van der Waals surface area contributed by atoms with Gasteiger partial charge in [0.15, 0.2) is 11.6 Å². The molecule has 0 atom stereocenters. The average molecular weight is 343 g/mol. The van der Waals surface area contributed by atoms with Crippen LogP contribution in [0.2, 0.25) is 0 Å². The largest absolute Gasteiger partial charge is 0.384 e. The van der Waals surface area contributed by atoms with Crippen molar-refractivity contribution in [3.05, 3.63) is 58.1 Å². The van der Waals surface area contributed by atoms with E-state index in [0.717, 1.165) is 12.1 Å². The van der Waals surface area contributed by atoms with Gasteiger partial charge in [-0.1, -0.05) is 17.8 Å². The molecule has 2 aromatic rings. The fourth-order valence-corrected chi connectivity index (χ4v) is 3.25. The number of amidine groups is 1. The van der Waals surface area contributed by atoms with Gasteiger partial charge in [-0.3, -0.25) is 5.41 Å². The molecule has 0 aliphatic heterocycles. The summed E-state index contributed by atoms with van der Waals surface area (Å²) in [6, 6.07) is 9.00. The molecule has 0 spiro atoms. The summed E-state index contributed by atoms with van der Waals surface area (Å²) in [6.45, 7) is 0. The molecular formula is C13H9BrF2N2S. The predicted octanol–water partition coefficient (Wildman–Crippen LogP) is 4.16. The van der Waals surface area contributed by atoms with Crippen LogP contribution in [0.15, 0.2) is 50.7 Å². The SMILES string of the molecule is N=C(N)c1c(Br)cccc1Sc1ccc(F)c(F)c1. The molecule has 0 heterocycles. The van der Waals surface area contributed by atoms with Crippen molar-refractivity contribution in [1.82, 2.24) is 0 Å². The Morgan fingerprint density at radius 2 is 1.89 bits per heavy atom. The first-order valence-electron chi connectivity index (χ1n) is 5.25. The highest BCUT2D eigenvalue weighted by Crippen LogP contribution is 2.34. The lowest BCUT2D eigenvalue weighted by atomic mass is 10.2. The van der Waals surface area contributed by atoms with Crippen molar-refractivity contribution in [2.24, 2.45) is 5.73 Å². The third kappa shape index (κ3) is 3.13. The zero-order valence-electron chi connectivity index (χ0n) is 9.58. The van der Waals surface area contributed by atoms with Crippen LogP contribution in [0.4, 0.5) is 8.78 Å². The van der Waals surface area contributed by atoms with Crippen LogP contribution < -0.4 is 5.73 Å². The van der Waals surface area contributed by atoms with Crippen LogP contribution in [-0.4, -0.2) is 5.84 Å². The van der Waals surface area contributed by atoms with Crippen molar-refractivity contribution >= 4 is 33.5 Å². The topological polar surface area (TPSA) is 49.9 Å². The van der Waals surface area contributed by atoms with Gasteiger partial charge in [0.1, 0.15) is 5.84 Å². The summed E-state index contributed by atoms with van der Waals surface area (Å²) in [6.07, 6.45) is 0. The molecule has 2 aromatic carbocycles. The maximum absolute atomic E-state index is 13.2. The Bertz CT molecular complexity index is 647. The molecule has 0 aliphatic rings. The van der Waals surface area contributed by atoms with Crippen molar-refractivity contribution < 1.29 is 8.78 Å². The molecule has 0 aromatic heterocycles.